The Labute approximate surface area is 178 Å². The number of aromatic nitrogens is 4. The number of nitrogens with zero attached hydrogens (tertiary/aromatic N) is 5. The van der Waals surface area contributed by atoms with Crippen molar-refractivity contribution in [2.75, 3.05) is 0 Å². The van der Waals surface area contributed by atoms with Crippen LogP contribution in [-0.2, 0) is 13.1 Å². The molecule has 4 aromatic rings. The number of fused-ring (bicyclic) bond motifs is 1. The van der Waals surface area contributed by atoms with Gasteiger partial charge in [0.2, 0.25) is 0 Å². The number of hydrogen-bond donors (Lipinski definition) is 1. The summed E-state index contributed by atoms with van der Waals surface area (Å²) in [6, 6.07) is 17.0. The summed E-state index contributed by atoms with van der Waals surface area (Å²) in [6.45, 7) is 3.04. The number of hydrogen-bond acceptors (Lipinski definition) is 5. The molecule has 0 aliphatic heterocycles. The van der Waals surface area contributed by atoms with Gasteiger partial charge in [0.15, 0.2) is 5.69 Å². The van der Waals surface area contributed by atoms with Crippen LogP contribution in [0.2, 0.25) is 0 Å². The van der Waals surface area contributed by atoms with E-state index in [1.807, 2.05) is 43.5 Å². The molecule has 31 heavy (non-hydrogen) atoms. The first-order valence-electron chi connectivity index (χ1n) is 10.1. The zero-order chi connectivity index (χ0) is 21.6. The van der Waals surface area contributed by atoms with Crippen LogP contribution < -0.4 is 11.0 Å². The normalized spacial score (nSPS) is 11.3. The van der Waals surface area contributed by atoms with Crippen LogP contribution >= 0.6 is 0 Å². The van der Waals surface area contributed by atoms with E-state index in [1.165, 1.54) is 10.9 Å². The van der Waals surface area contributed by atoms with Crippen molar-refractivity contribution in [1.29, 1.82) is 0 Å². The number of aryl methyl sites for hydroxylation is 1. The smallest absolute Gasteiger partial charge is 0.268 e. The molecule has 0 saturated carbocycles. The topological polar surface area (TPSA) is 94.2 Å². The summed E-state index contributed by atoms with van der Waals surface area (Å²) >= 11 is 0. The summed E-state index contributed by atoms with van der Waals surface area (Å²) in [7, 11) is 0. The molecule has 0 saturated heterocycles. The van der Waals surface area contributed by atoms with E-state index in [4.69, 9.17) is 0 Å². The SMILES string of the molecule is CCCn1nc(C(=O)N/N=C\c2cnn(Cc3ccccc3)c2)c2ccccc2c1=O. The first-order valence-corrected chi connectivity index (χ1v) is 10.1. The second kappa shape index (κ2) is 9.17. The van der Waals surface area contributed by atoms with E-state index in [-0.39, 0.29) is 11.3 Å². The van der Waals surface area contributed by atoms with Gasteiger partial charge in [-0.1, -0.05) is 55.5 Å². The average Bonchev–Trinajstić information content (AvgIpc) is 3.23. The molecule has 0 aliphatic carbocycles. The first kappa shape index (κ1) is 20.2. The van der Waals surface area contributed by atoms with Crippen molar-refractivity contribution in [1.82, 2.24) is 25.0 Å². The van der Waals surface area contributed by atoms with E-state index in [9.17, 15) is 9.59 Å². The van der Waals surface area contributed by atoms with Crippen LogP contribution in [0.4, 0.5) is 0 Å². The number of carbonyl (C=O) groups is 1. The minimum absolute atomic E-state index is 0.167. The van der Waals surface area contributed by atoms with Crippen molar-refractivity contribution in [3.8, 4) is 0 Å². The molecular formula is C23H22N6O2. The fraction of sp³-hybridized carbons (Fsp3) is 0.174. The van der Waals surface area contributed by atoms with Crippen LogP contribution in [0.25, 0.3) is 10.8 Å². The average molecular weight is 414 g/mol. The molecule has 0 spiro atoms. The van der Waals surface area contributed by atoms with Gasteiger partial charge in [-0.25, -0.2) is 10.1 Å². The fourth-order valence-corrected chi connectivity index (χ4v) is 3.29. The van der Waals surface area contributed by atoms with Crippen LogP contribution in [0.15, 0.2) is 76.9 Å². The number of benzene rings is 2. The van der Waals surface area contributed by atoms with Crippen molar-refractivity contribution in [3.05, 3.63) is 94.2 Å². The van der Waals surface area contributed by atoms with Gasteiger partial charge in [0.1, 0.15) is 0 Å². The van der Waals surface area contributed by atoms with Crippen molar-refractivity contribution in [2.24, 2.45) is 5.10 Å². The summed E-state index contributed by atoms with van der Waals surface area (Å²) in [5.74, 6) is -0.478. The number of carbonyl (C=O) groups excluding carboxylic acids is 1. The molecule has 0 atom stereocenters. The van der Waals surface area contributed by atoms with Gasteiger partial charge in [-0.3, -0.25) is 14.3 Å². The van der Waals surface area contributed by atoms with Crippen molar-refractivity contribution < 1.29 is 4.79 Å². The molecule has 0 aliphatic rings. The fourth-order valence-electron chi connectivity index (χ4n) is 3.29. The Morgan fingerprint density at radius 2 is 1.84 bits per heavy atom. The molecule has 2 aromatic heterocycles. The number of hydrazone groups is 1. The molecule has 1 N–H and O–H groups in total. The minimum Gasteiger partial charge on any atom is -0.268 e. The monoisotopic (exact) mass is 414 g/mol. The van der Waals surface area contributed by atoms with Gasteiger partial charge in [-0.2, -0.15) is 15.3 Å². The van der Waals surface area contributed by atoms with Gasteiger partial charge in [0, 0.05) is 23.7 Å². The number of amides is 1. The molecule has 8 nitrogen and oxygen atoms in total. The summed E-state index contributed by atoms with van der Waals surface area (Å²) < 4.78 is 3.13. The Morgan fingerprint density at radius 3 is 2.61 bits per heavy atom. The lowest BCUT2D eigenvalue weighted by molar-refractivity contribution is 0.0949. The molecule has 0 bridgehead atoms. The van der Waals surface area contributed by atoms with Crippen LogP contribution in [0.3, 0.4) is 0 Å². The van der Waals surface area contributed by atoms with Crippen molar-refractivity contribution in [2.45, 2.75) is 26.4 Å². The zero-order valence-corrected chi connectivity index (χ0v) is 17.1. The Morgan fingerprint density at radius 1 is 1.10 bits per heavy atom. The highest BCUT2D eigenvalue weighted by molar-refractivity contribution is 6.04. The molecule has 2 heterocycles. The number of nitrogens with one attached hydrogen (secondary N) is 1. The highest BCUT2D eigenvalue weighted by Gasteiger charge is 2.16. The molecular weight excluding hydrogens is 392 g/mol. The third-order valence-electron chi connectivity index (χ3n) is 4.74. The van der Waals surface area contributed by atoms with Gasteiger partial charge in [0.05, 0.1) is 24.3 Å². The second-order valence-corrected chi connectivity index (χ2v) is 7.08. The summed E-state index contributed by atoms with van der Waals surface area (Å²) in [5.41, 5.74) is 4.36. The lowest BCUT2D eigenvalue weighted by atomic mass is 10.1. The van der Waals surface area contributed by atoms with Crippen molar-refractivity contribution in [3.63, 3.8) is 0 Å². The predicted molar refractivity (Wildman–Crippen MR) is 119 cm³/mol. The Bertz CT molecular complexity index is 1290. The van der Waals surface area contributed by atoms with Gasteiger partial charge in [-0.05, 0) is 18.1 Å². The van der Waals surface area contributed by atoms with Crippen LogP contribution in [-0.4, -0.2) is 31.7 Å². The highest BCUT2D eigenvalue weighted by atomic mass is 16.2. The van der Waals surface area contributed by atoms with Gasteiger partial charge in [0.25, 0.3) is 11.5 Å². The Balaban J connectivity index is 1.50. The number of rotatable bonds is 7. The maximum atomic E-state index is 12.7. The van der Waals surface area contributed by atoms with Crippen LogP contribution in [0.5, 0.6) is 0 Å². The lowest BCUT2D eigenvalue weighted by Crippen LogP contribution is -2.29. The van der Waals surface area contributed by atoms with E-state index in [2.05, 4.69) is 20.7 Å². The third-order valence-corrected chi connectivity index (χ3v) is 4.74. The molecule has 0 radical (unpaired) electrons. The molecule has 0 fully saturated rings. The third kappa shape index (κ3) is 4.58. The minimum atomic E-state index is -0.478. The zero-order valence-electron chi connectivity index (χ0n) is 17.1. The van der Waals surface area contributed by atoms with E-state index in [0.29, 0.717) is 23.9 Å². The maximum absolute atomic E-state index is 12.7. The van der Waals surface area contributed by atoms with E-state index in [1.54, 1.807) is 35.1 Å². The molecule has 0 unspecified atom stereocenters. The predicted octanol–water partition coefficient (Wildman–Crippen LogP) is 2.82. The summed E-state index contributed by atoms with van der Waals surface area (Å²) in [4.78, 5) is 25.3. The quantitative estimate of drug-likeness (QED) is 0.372. The van der Waals surface area contributed by atoms with Crippen LogP contribution in [0.1, 0.15) is 35.0 Å². The van der Waals surface area contributed by atoms with E-state index < -0.39 is 5.91 Å². The van der Waals surface area contributed by atoms with Crippen molar-refractivity contribution >= 4 is 22.9 Å². The van der Waals surface area contributed by atoms with E-state index in [0.717, 1.165) is 17.5 Å². The largest absolute Gasteiger partial charge is 0.292 e. The van der Waals surface area contributed by atoms with E-state index >= 15 is 0 Å². The molecule has 4 rings (SSSR count). The van der Waals surface area contributed by atoms with Gasteiger partial charge >= 0.3 is 0 Å². The second-order valence-electron chi connectivity index (χ2n) is 7.08. The van der Waals surface area contributed by atoms with Gasteiger partial charge < -0.3 is 0 Å². The Kier molecular flexibility index (Phi) is 5.98. The molecule has 2 aromatic carbocycles. The lowest BCUT2D eigenvalue weighted by Gasteiger charge is -2.09. The standard InChI is InChI=1S/C23H22N6O2/c1-2-12-29-23(31)20-11-7-6-10-19(20)21(27-29)22(30)26-24-13-18-14-25-28(16-18)15-17-8-4-3-5-9-17/h3-11,13-14,16H,2,12,15H2,1H3,(H,26,30)/b24-13-. The highest BCUT2D eigenvalue weighted by Crippen LogP contribution is 2.13. The molecule has 156 valence electrons. The molecule has 8 heteroatoms. The maximum Gasteiger partial charge on any atom is 0.292 e. The first-order chi connectivity index (χ1) is 15.2. The molecule has 1 amide bonds. The Hall–Kier alpha value is -4.07. The van der Waals surface area contributed by atoms with Crippen LogP contribution in [0, 0.1) is 0 Å². The summed E-state index contributed by atoms with van der Waals surface area (Å²) in [5, 5.41) is 13.6. The summed E-state index contributed by atoms with van der Waals surface area (Å²) in [6.07, 6.45) is 5.78. The van der Waals surface area contributed by atoms with Gasteiger partial charge in [-0.15, -0.1) is 0 Å².